The maximum Gasteiger partial charge on any atom is 0.0771 e. The largest absolute Gasteiger partial charge is 0.379 e. The van der Waals surface area contributed by atoms with Crippen LogP contribution in [-0.4, -0.2) is 29.3 Å². The molecule has 0 aliphatic heterocycles. The van der Waals surface area contributed by atoms with Gasteiger partial charge in [-0.15, -0.1) is 0 Å². The van der Waals surface area contributed by atoms with Crippen molar-refractivity contribution >= 4 is 22.6 Å². The molecule has 1 fully saturated rings. The van der Waals surface area contributed by atoms with Gasteiger partial charge in [0.2, 0.25) is 0 Å². The molecule has 0 aromatic rings. The summed E-state index contributed by atoms with van der Waals surface area (Å²) in [6.07, 6.45) is 6.00. The van der Waals surface area contributed by atoms with E-state index in [1.54, 1.807) is 7.11 Å². The van der Waals surface area contributed by atoms with Gasteiger partial charge in [0.05, 0.1) is 17.8 Å². The number of halogens is 1. The number of alkyl halides is 1. The van der Waals surface area contributed by atoms with Gasteiger partial charge in [0.1, 0.15) is 0 Å². The molecule has 20 heavy (non-hydrogen) atoms. The summed E-state index contributed by atoms with van der Waals surface area (Å²) in [5.41, 5.74) is 0.483. The molecular formula is C17H33IO2. The molecule has 0 aromatic heterocycles. The number of ether oxygens (including phenoxy) is 2. The predicted octanol–water partition coefficient (Wildman–Crippen LogP) is 5.23. The monoisotopic (exact) mass is 396 g/mol. The Labute approximate surface area is 139 Å². The van der Waals surface area contributed by atoms with Gasteiger partial charge in [-0.1, -0.05) is 43.4 Å². The molecule has 0 bridgehead atoms. The molecule has 1 aliphatic rings. The van der Waals surface area contributed by atoms with E-state index in [2.05, 4.69) is 57.2 Å². The van der Waals surface area contributed by atoms with E-state index in [1.165, 1.54) is 25.7 Å². The van der Waals surface area contributed by atoms with Crippen molar-refractivity contribution < 1.29 is 9.47 Å². The van der Waals surface area contributed by atoms with Gasteiger partial charge in [-0.2, -0.15) is 0 Å². The molecule has 1 aliphatic carbocycles. The minimum atomic E-state index is -0.0743. The fourth-order valence-electron chi connectivity index (χ4n) is 2.94. The van der Waals surface area contributed by atoms with Crippen LogP contribution in [0.15, 0.2) is 0 Å². The third kappa shape index (κ3) is 5.45. The second-order valence-electron chi connectivity index (χ2n) is 8.02. The fourth-order valence-corrected chi connectivity index (χ4v) is 3.92. The van der Waals surface area contributed by atoms with Crippen LogP contribution in [0.5, 0.6) is 0 Å². The molecule has 120 valence electrons. The zero-order chi connectivity index (χ0) is 15.4. The van der Waals surface area contributed by atoms with Gasteiger partial charge in [0.15, 0.2) is 0 Å². The van der Waals surface area contributed by atoms with E-state index >= 15 is 0 Å². The fraction of sp³-hybridized carbons (Fsp3) is 1.00. The highest BCUT2D eigenvalue weighted by atomic mass is 127. The summed E-state index contributed by atoms with van der Waals surface area (Å²) in [4.78, 5) is 0. The molecule has 0 aromatic carbocycles. The van der Waals surface area contributed by atoms with Crippen molar-refractivity contribution in [2.45, 2.75) is 77.9 Å². The molecule has 0 heterocycles. The average molecular weight is 396 g/mol. The number of methoxy groups -OCH3 is 1. The Balaban J connectivity index is 2.47. The van der Waals surface area contributed by atoms with Crippen LogP contribution in [0, 0.1) is 11.3 Å². The summed E-state index contributed by atoms with van der Waals surface area (Å²) in [5.74, 6) is 0.845. The summed E-state index contributed by atoms with van der Waals surface area (Å²) >= 11 is 2.50. The van der Waals surface area contributed by atoms with Crippen molar-refractivity contribution in [2.24, 2.45) is 11.3 Å². The number of hydrogen-bond donors (Lipinski definition) is 0. The summed E-state index contributed by atoms with van der Waals surface area (Å²) < 4.78 is 12.9. The van der Waals surface area contributed by atoms with Crippen LogP contribution in [0.2, 0.25) is 0 Å². The Morgan fingerprint density at radius 1 is 1.10 bits per heavy atom. The zero-order valence-electron chi connectivity index (χ0n) is 14.2. The Morgan fingerprint density at radius 3 is 2.05 bits per heavy atom. The van der Waals surface area contributed by atoms with Crippen LogP contribution in [0.4, 0.5) is 0 Å². The first-order chi connectivity index (χ1) is 9.14. The Bertz CT molecular complexity index is 286. The molecule has 2 nitrogen and oxygen atoms in total. The smallest absolute Gasteiger partial charge is 0.0771 e. The van der Waals surface area contributed by atoms with Crippen molar-refractivity contribution in [3.63, 3.8) is 0 Å². The molecule has 0 amide bonds. The first-order valence-electron chi connectivity index (χ1n) is 7.89. The predicted molar refractivity (Wildman–Crippen MR) is 94.7 cm³/mol. The van der Waals surface area contributed by atoms with Gasteiger partial charge in [0, 0.05) is 11.5 Å². The maximum atomic E-state index is 6.33. The molecule has 3 heteroatoms. The third-order valence-electron chi connectivity index (χ3n) is 5.03. The van der Waals surface area contributed by atoms with Crippen molar-refractivity contribution in [3.8, 4) is 0 Å². The van der Waals surface area contributed by atoms with Crippen LogP contribution in [0.25, 0.3) is 0 Å². The van der Waals surface area contributed by atoms with E-state index in [9.17, 15) is 0 Å². The summed E-state index contributed by atoms with van der Waals surface area (Å²) in [6.45, 7) is 12.2. The van der Waals surface area contributed by atoms with E-state index in [0.29, 0.717) is 5.41 Å². The maximum absolute atomic E-state index is 6.33. The van der Waals surface area contributed by atoms with E-state index in [4.69, 9.17) is 9.47 Å². The first-order valence-corrected chi connectivity index (χ1v) is 9.42. The van der Waals surface area contributed by atoms with E-state index in [1.807, 2.05) is 0 Å². The van der Waals surface area contributed by atoms with Crippen LogP contribution in [0.3, 0.4) is 0 Å². The lowest BCUT2D eigenvalue weighted by Crippen LogP contribution is -2.42. The quantitative estimate of drug-likeness (QED) is 0.452. The Hall–Kier alpha value is 0.650. The van der Waals surface area contributed by atoms with Crippen molar-refractivity contribution in [3.05, 3.63) is 0 Å². The summed E-state index contributed by atoms with van der Waals surface area (Å²) in [5, 5.41) is 0. The molecule has 0 unspecified atom stereocenters. The zero-order valence-corrected chi connectivity index (χ0v) is 16.4. The van der Waals surface area contributed by atoms with Gasteiger partial charge >= 0.3 is 0 Å². The van der Waals surface area contributed by atoms with Crippen molar-refractivity contribution in [1.82, 2.24) is 0 Å². The molecule has 0 N–H and O–H groups in total. The SMILES string of the molecule is COC(C)(C)CCOC1(CI)CCC(C(C)(C)C)CC1. The topological polar surface area (TPSA) is 18.5 Å². The lowest BCUT2D eigenvalue weighted by atomic mass is 9.69. The van der Waals surface area contributed by atoms with Gasteiger partial charge in [-0.3, -0.25) is 0 Å². The van der Waals surface area contributed by atoms with Crippen molar-refractivity contribution in [2.75, 3.05) is 18.1 Å². The van der Waals surface area contributed by atoms with Crippen LogP contribution in [-0.2, 0) is 9.47 Å². The van der Waals surface area contributed by atoms with Gasteiger partial charge in [-0.25, -0.2) is 0 Å². The highest BCUT2D eigenvalue weighted by molar-refractivity contribution is 14.1. The van der Waals surface area contributed by atoms with Crippen LogP contribution < -0.4 is 0 Å². The first kappa shape index (κ1) is 18.7. The molecule has 0 atom stereocenters. The molecule has 1 rings (SSSR count). The average Bonchev–Trinajstić information content (AvgIpc) is 2.38. The highest BCUT2D eigenvalue weighted by Gasteiger charge is 2.39. The summed E-state index contributed by atoms with van der Waals surface area (Å²) in [6, 6.07) is 0. The molecular weight excluding hydrogens is 363 g/mol. The second-order valence-corrected chi connectivity index (χ2v) is 8.78. The standard InChI is InChI=1S/C17H33IO2/c1-15(2,3)14-7-9-17(13-18,10-8-14)20-12-11-16(4,5)19-6/h14H,7-13H2,1-6H3. The number of rotatable bonds is 6. The lowest BCUT2D eigenvalue weighted by molar-refractivity contribution is -0.0889. The van der Waals surface area contributed by atoms with Gasteiger partial charge < -0.3 is 9.47 Å². The third-order valence-corrected chi connectivity index (χ3v) is 6.42. The minimum Gasteiger partial charge on any atom is -0.379 e. The lowest BCUT2D eigenvalue weighted by Gasteiger charge is -2.43. The van der Waals surface area contributed by atoms with Gasteiger partial charge in [-0.05, 0) is 57.3 Å². The molecule has 0 radical (unpaired) electrons. The van der Waals surface area contributed by atoms with Crippen LogP contribution >= 0.6 is 22.6 Å². The second kappa shape index (κ2) is 7.28. The van der Waals surface area contributed by atoms with Gasteiger partial charge in [0.25, 0.3) is 0 Å². The Morgan fingerprint density at radius 2 is 1.65 bits per heavy atom. The Kier molecular flexibility index (Phi) is 6.80. The molecule has 0 saturated heterocycles. The molecule has 0 spiro atoms. The normalized spacial score (nSPS) is 28.6. The number of hydrogen-bond acceptors (Lipinski definition) is 2. The molecule has 1 saturated carbocycles. The highest BCUT2D eigenvalue weighted by Crippen LogP contribution is 2.43. The minimum absolute atomic E-state index is 0.0743. The van der Waals surface area contributed by atoms with Crippen molar-refractivity contribution in [1.29, 1.82) is 0 Å². The van der Waals surface area contributed by atoms with E-state index in [-0.39, 0.29) is 11.2 Å². The van der Waals surface area contributed by atoms with E-state index < -0.39 is 0 Å². The van der Waals surface area contributed by atoms with E-state index in [0.717, 1.165) is 23.4 Å². The van der Waals surface area contributed by atoms with Crippen LogP contribution in [0.1, 0.15) is 66.7 Å². The summed E-state index contributed by atoms with van der Waals surface area (Å²) in [7, 11) is 1.78.